The first-order valence-electron chi connectivity index (χ1n) is 7.59. The summed E-state index contributed by atoms with van der Waals surface area (Å²) in [5.74, 6) is 0.208. The van der Waals surface area contributed by atoms with Crippen LogP contribution < -0.4 is 10.6 Å². The Morgan fingerprint density at radius 2 is 1.96 bits per heavy atom. The Hall–Kier alpha value is -3.61. The molecule has 3 aromatic rings. The number of hydrogen-bond donors (Lipinski definition) is 3. The van der Waals surface area contributed by atoms with Crippen LogP contribution in [0.3, 0.4) is 0 Å². The number of aromatic nitrogens is 2. The van der Waals surface area contributed by atoms with E-state index in [-0.39, 0.29) is 5.91 Å². The van der Waals surface area contributed by atoms with Crippen LogP contribution in [0.15, 0.2) is 71.5 Å². The summed E-state index contributed by atoms with van der Waals surface area (Å²) in [7, 11) is 0. The fourth-order valence-corrected chi connectivity index (χ4v) is 2.21. The van der Waals surface area contributed by atoms with Crippen LogP contribution in [-0.2, 0) is 9.59 Å². The number of anilines is 1. The summed E-state index contributed by atoms with van der Waals surface area (Å²) in [5, 5.41) is 11.8. The van der Waals surface area contributed by atoms with Crippen molar-refractivity contribution in [1.82, 2.24) is 15.5 Å². The fourth-order valence-electron chi connectivity index (χ4n) is 2.21. The van der Waals surface area contributed by atoms with Gasteiger partial charge in [0.2, 0.25) is 5.91 Å². The normalized spacial score (nSPS) is 12.0. The lowest BCUT2D eigenvalue weighted by Crippen LogP contribution is -2.36. The van der Waals surface area contributed by atoms with Crippen LogP contribution in [-0.4, -0.2) is 22.0 Å². The molecule has 2 heterocycles. The molecule has 0 aliphatic heterocycles. The molecule has 7 nitrogen and oxygen atoms in total. The van der Waals surface area contributed by atoms with Crippen molar-refractivity contribution in [3.05, 3.63) is 78.4 Å². The van der Waals surface area contributed by atoms with Crippen molar-refractivity contribution in [2.45, 2.75) is 6.04 Å². The van der Waals surface area contributed by atoms with Crippen LogP contribution in [0.1, 0.15) is 17.4 Å². The predicted octanol–water partition coefficient (Wildman–Crippen LogP) is 2.51. The zero-order valence-corrected chi connectivity index (χ0v) is 13.2. The lowest BCUT2D eigenvalue weighted by atomic mass is 10.1. The van der Waals surface area contributed by atoms with E-state index in [0.717, 1.165) is 0 Å². The number of nitrogens with zero attached hydrogens (tertiary/aromatic N) is 1. The van der Waals surface area contributed by atoms with Crippen LogP contribution in [0.5, 0.6) is 0 Å². The molecule has 0 unspecified atom stereocenters. The average Bonchev–Trinajstić information content (AvgIpc) is 3.32. The fraction of sp³-hybridized carbons (Fsp3) is 0.0556. The summed E-state index contributed by atoms with van der Waals surface area (Å²) < 4.78 is 5.13. The Morgan fingerprint density at radius 3 is 2.64 bits per heavy atom. The maximum Gasteiger partial charge on any atom is 0.252 e. The lowest BCUT2D eigenvalue weighted by Gasteiger charge is -2.17. The highest BCUT2D eigenvalue weighted by Crippen LogP contribution is 2.15. The van der Waals surface area contributed by atoms with Crippen LogP contribution in [0.4, 0.5) is 5.82 Å². The number of H-pyrrole nitrogens is 1. The first-order chi connectivity index (χ1) is 12.2. The second-order valence-electron chi connectivity index (χ2n) is 5.16. The molecular formula is C18H16N4O3. The third kappa shape index (κ3) is 4.44. The van der Waals surface area contributed by atoms with Gasteiger partial charge in [-0.3, -0.25) is 14.7 Å². The zero-order chi connectivity index (χ0) is 17.5. The SMILES string of the molecule is O=C(/C=C\c1ccco1)N[C@H](C(=O)Nc1ccn[nH]1)c1ccccc1. The molecule has 25 heavy (non-hydrogen) atoms. The van der Waals surface area contributed by atoms with Crippen molar-refractivity contribution in [2.75, 3.05) is 5.32 Å². The van der Waals surface area contributed by atoms with Crippen LogP contribution >= 0.6 is 0 Å². The quantitative estimate of drug-likeness (QED) is 0.602. The minimum Gasteiger partial charge on any atom is -0.465 e. The number of hydrogen-bond acceptors (Lipinski definition) is 4. The molecule has 1 aromatic carbocycles. The van der Waals surface area contributed by atoms with Gasteiger partial charge in [-0.15, -0.1) is 0 Å². The molecule has 1 atom stereocenters. The largest absolute Gasteiger partial charge is 0.465 e. The highest BCUT2D eigenvalue weighted by molar-refractivity contribution is 6.00. The van der Waals surface area contributed by atoms with Gasteiger partial charge >= 0.3 is 0 Å². The van der Waals surface area contributed by atoms with Gasteiger partial charge in [0.25, 0.3) is 5.91 Å². The number of nitrogens with one attached hydrogen (secondary N) is 3. The summed E-state index contributed by atoms with van der Waals surface area (Å²) in [6.07, 6.45) is 5.89. The third-order valence-corrected chi connectivity index (χ3v) is 3.38. The van der Waals surface area contributed by atoms with E-state index in [9.17, 15) is 9.59 Å². The summed E-state index contributed by atoms with van der Waals surface area (Å²) in [4.78, 5) is 24.8. The molecule has 0 aliphatic carbocycles. The second kappa shape index (κ2) is 7.78. The first kappa shape index (κ1) is 16.3. The van der Waals surface area contributed by atoms with E-state index in [1.54, 1.807) is 42.5 Å². The Bertz CT molecular complexity index is 840. The molecule has 0 spiro atoms. The summed E-state index contributed by atoms with van der Waals surface area (Å²) in [6.45, 7) is 0. The monoisotopic (exact) mass is 336 g/mol. The minimum absolute atomic E-state index is 0.379. The van der Waals surface area contributed by atoms with Crippen molar-refractivity contribution in [3.8, 4) is 0 Å². The van der Waals surface area contributed by atoms with Gasteiger partial charge in [0.15, 0.2) is 0 Å². The maximum absolute atomic E-state index is 12.6. The summed E-state index contributed by atoms with van der Waals surface area (Å²) in [5.41, 5.74) is 0.666. The van der Waals surface area contributed by atoms with E-state index in [1.807, 2.05) is 6.07 Å². The van der Waals surface area contributed by atoms with Gasteiger partial charge in [0.1, 0.15) is 17.6 Å². The smallest absolute Gasteiger partial charge is 0.252 e. The van der Waals surface area contributed by atoms with Crippen molar-refractivity contribution in [3.63, 3.8) is 0 Å². The molecule has 0 fully saturated rings. The number of benzene rings is 1. The Labute approximate surface area is 143 Å². The van der Waals surface area contributed by atoms with Gasteiger partial charge in [-0.05, 0) is 23.8 Å². The average molecular weight is 336 g/mol. The van der Waals surface area contributed by atoms with Gasteiger partial charge in [0, 0.05) is 12.1 Å². The molecule has 0 radical (unpaired) electrons. The van der Waals surface area contributed by atoms with Crippen molar-refractivity contribution in [2.24, 2.45) is 0 Å². The van der Waals surface area contributed by atoms with E-state index < -0.39 is 11.9 Å². The topological polar surface area (TPSA) is 100 Å². The van der Waals surface area contributed by atoms with E-state index in [0.29, 0.717) is 17.1 Å². The van der Waals surface area contributed by atoms with Crippen molar-refractivity contribution < 1.29 is 14.0 Å². The van der Waals surface area contributed by atoms with Crippen LogP contribution in [0.25, 0.3) is 6.08 Å². The van der Waals surface area contributed by atoms with Gasteiger partial charge in [0.05, 0.1) is 12.5 Å². The number of furan rings is 1. The predicted molar refractivity (Wildman–Crippen MR) is 92.3 cm³/mol. The molecule has 126 valence electrons. The highest BCUT2D eigenvalue weighted by atomic mass is 16.3. The summed E-state index contributed by atoms with van der Waals surface area (Å²) in [6, 6.07) is 13.2. The van der Waals surface area contributed by atoms with E-state index in [4.69, 9.17) is 4.42 Å². The second-order valence-corrected chi connectivity index (χ2v) is 5.16. The number of carbonyl (C=O) groups is 2. The van der Waals surface area contributed by atoms with E-state index >= 15 is 0 Å². The molecule has 3 rings (SSSR count). The lowest BCUT2D eigenvalue weighted by molar-refractivity contribution is -0.124. The maximum atomic E-state index is 12.6. The van der Waals surface area contributed by atoms with Gasteiger partial charge in [-0.1, -0.05) is 30.3 Å². The highest BCUT2D eigenvalue weighted by Gasteiger charge is 2.22. The molecule has 3 N–H and O–H groups in total. The Morgan fingerprint density at radius 1 is 1.12 bits per heavy atom. The summed E-state index contributed by atoms with van der Waals surface area (Å²) >= 11 is 0. The third-order valence-electron chi connectivity index (χ3n) is 3.38. The number of amides is 2. The molecule has 0 saturated heterocycles. The van der Waals surface area contributed by atoms with Crippen molar-refractivity contribution in [1.29, 1.82) is 0 Å². The van der Waals surface area contributed by atoms with Gasteiger partial charge in [-0.25, -0.2) is 0 Å². The molecule has 0 saturated carbocycles. The Kier molecular flexibility index (Phi) is 5.06. The Balaban J connectivity index is 1.74. The number of rotatable bonds is 6. The zero-order valence-electron chi connectivity index (χ0n) is 13.2. The van der Waals surface area contributed by atoms with E-state index in [1.165, 1.54) is 24.6 Å². The standard InChI is InChI=1S/C18H16N4O3/c23-16(9-8-14-7-4-12-25-14)21-17(13-5-2-1-3-6-13)18(24)20-15-10-11-19-22-15/h1-12,17H,(H,21,23)(H2,19,20,22,24)/b9-8-/t17-/m0/s1. The van der Waals surface area contributed by atoms with E-state index in [2.05, 4.69) is 20.8 Å². The van der Waals surface area contributed by atoms with Gasteiger partial charge < -0.3 is 15.1 Å². The molecule has 7 heteroatoms. The van der Waals surface area contributed by atoms with Gasteiger partial charge in [-0.2, -0.15) is 5.10 Å². The van der Waals surface area contributed by atoms with Crippen molar-refractivity contribution >= 4 is 23.7 Å². The van der Waals surface area contributed by atoms with Crippen LogP contribution in [0, 0.1) is 0 Å². The number of aromatic amines is 1. The molecule has 0 aliphatic rings. The first-order valence-corrected chi connectivity index (χ1v) is 7.59. The molecule has 0 bridgehead atoms. The molecule has 2 aromatic heterocycles. The van der Waals surface area contributed by atoms with Crippen LogP contribution in [0.2, 0.25) is 0 Å². The molecular weight excluding hydrogens is 320 g/mol. The molecule has 2 amide bonds. The number of carbonyl (C=O) groups excluding carboxylic acids is 2. The minimum atomic E-state index is -0.849.